The van der Waals surface area contributed by atoms with E-state index in [1.54, 1.807) is 13.8 Å². The van der Waals surface area contributed by atoms with Gasteiger partial charge in [-0.15, -0.1) is 24.8 Å². The molecule has 1 heterocycles. The summed E-state index contributed by atoms with van der Waals surface area (Å²) < 4.78 is 0. The molecular formula is C14H23Cl2N3O. The van der Waals surface area contributed by atoms with E-state index in [4.69, 9.17) is 5.73 Å². The summed E-state index contributed by atoms with van der Waals surface area (Å²) in [4.78, 5) is 16.2. The molecule has 1 amide bonds. The molecule has 0 atom stereocenters. The van der Waals surface area contributed by atoms with Crippen molar-refractivity contribution in [3.8, 4) is 0 Å². The van der Waals surface area contributed by atoms with Crippen LogP contribution in [0.5, 0.6) is 0 Å². The Morgan fingerprint density at radius 3 is 2.00 bits per heavy atom. The third-order valence-corrected chi connectivity index (χ3v) is 3.24. The molecule has 2 N–H and O–H groups in total. The fourth-order valence-corrected chi connectivity index (χ4v) is 2.21. The summed E-state index contributed by atoms with van der Waals surface area (Å²) in [5, 5.41) is 0. The van der Waals surface area contributed by atoms with Gasteiger partial charge in [0.2, 0.25) is 5.91 Å². The molecule has 1 aliphatic rings. The highest BCUT2D eigenvalue weighted by Crippen LogP contribution is 2.16. The Morgan fingerprint density at radius 2 is 1.55 bits per heavy atom. The van der Waals surface area contributed by atoms with Crippen LogP contribution in [0.25, 0.3) is 0 Å². The van der Waals surface area contributed by atoms with Gasteiger partial charge in [0.1, 0.15) is 0 Å². The zero-order valence-corrected chi connectivity index (χ0v) is 13.5. The minimum absolute atomic E-state index is 0. The molecule has 1 aromatic rings. The summed E-state index contributed by atoms with van der Waals surface area (Å²) in [5.74, 6) is 0.0372. The maximum atomic E-state index is 12.0. The molecule has 0 aliphatic carbocycles. The highest BCUT2D eigenvalue weighted by atomic mass is 35.5. The SMILES string of the molecule is CC(C)(N)C(=O)N1CCN(c2ccccc2)CC1.Cl.Cl. The molecule has 0 aromatic heterocycles. The third-order valence-electron chi connectivity index (χ3n) is 3.24. The summed E-state index contributed by atoms with van der Waals surface area (Å²) in [6.07, 6.45) is 0. The number of hydrogen-bond acceptors (Lipinski definition) is 3. The largest absolute Gasteiger partial charge is 0.368 e. The number of amides is 1. The van der Waals surface area contributed by atoms with Gasteiger partial charge in [0.25, 0.3) is 0 Å². The van der Waals surface area contributed by atoms with Crippen molar-refractivity contribution in [1.82, 2.24) is 4.90 Å². The number of nitrogens with zero attached hydrogens (tertiary/aromatic N) is 2. The Bertz CT molecular complexity index is 412. The summed E-state index contributed by atoms with van der Waals surface area (Å²) in [6, 6.07) is 10.3. The first-order valence-electron chi connectivity index (χ1n) is 6.37. The molecule has 0 spiro atoms. The topological polar surface area (TPSA) is 49.6 Å². The van der Waals surface area contributed by atoms with Crippen molar-refractivity contribution in [3.63, 3.8) is 0 Å². The Morgan fingerprint density at radius 1 is 1.05 bits per heavy atom. The van der Waals surface area contributed by atoms with Crippen molar-refractivity contribution in [1.29, 1.82) is 0 Å². The monoisotopic (exact) mass is 319 g/mol. The van der Waals surface area contributed by atoms with Crippen molar-refractivity contribution in [3.05, 3.63) is 30.3 Å². The van der Waals surface area contributed by atoms with Crippen LogP contribution in [0.2, 0.25) is 0 Å². The third kappa shape index (κ3) is 4.54. The number of anilines is 1. The second-order valence-corrected chi connectivity index (χ2v) is 5.34. The number of hydrogen-bond donors (Lipinski definition) is 1. The van der Waals surface area contributed by atoms with Gasteiger partial charge in [0.05, 0.1) is 5.54 Å². The zero-order chi connectivity index (χ0) is 13.2. The number of para-hydroxylation sites is 1. The molecule has 0 bridgehead atoms. The lowest BCUT2D eigenvalue weighted by molar-refractivity contribution is -0.136. The van der Waals surface area contributed by atoms with Crippen LogP contribution in [0.15, 0.2) is 30.3 Å². The van der Waals surface area contributed by atoms with Gasteiger partial charge in [-0.2, -0.15) is 0 Å². The number of rotatable bonds is 2. The lowest BCUT2D eigenvalue weighted by Crippen LogP contribution is -2.57. The number of benzene rings is 1. The van der Waals surface area contributed by atoms with E-state index in [9.17, 15) is 4.79 Å². The predicted molar refractivity (Wildman–Crippen MR) is 88.0 cm³/mol. The minimum atomic E-state index is -0.769. The quantitative estimate of drug-likeness (QED) is 0.906. The van der Waals surface area contributed by atoms with E-state index in [2.05, 4.69) is 17.0 Å². The Labute approximate surface area is 133 Å². The molecule has 1 aromatic carbocycles. The number of carbonyl (C=O) groups excluding carboxylic acids is 1. The van der Waals surface area contributed by atoms with Crippen LogP contribution in [0, 0.1) is 0 Å². The van der Waals surface area contributed by atoms with Gasteiger partial charge in [-0.05, 0) is 26.0 Å². The summed E-state index contributed by atoms with van der Waals surface area (Å²) in [7, 11) is 0. The molecular weight excluding hydrogens is 297 g/mol. The number of nitrogens with two attached hydrogens (primary N) is 1. The molecule has 1 saturated heterocycles. The first kappa shape index (κ1) is 19.0. The molecule has 114 valence electrons. The Balaban J connectivity index is 0.00000180. The van der Waals surface area contributed by atoms with Gasteiger partial charge in [-0.1, -0.05) is 18.2 Å². The van der Waals surface area contributed by atoms with Crippen LogP contribution in [0.1, 0.15) is 13.8 Å². The highest BCUT2D eigenvalue weighted by Gasteiger charge is 2.30. The summed E-state index contributed by atoms with van der Waals surface area (Å²) >= 11 is 0. The molecule has 6 heteroatoms. The lowest BCUT2D eigenvalue weighted by atomic mass is 10.0. The summed E-state index contributed by atoms with van der Waals surface area (Å²) in [6.45, 7) is 6.75. The maximum absolute atomic E-state index is 12.0. The molecule has 0 radical (unpaired) electrons. The smallest absolute Gasteiger partial charge is 0.242 e. The first-order valence-corrected chi connectivity index (χ1v) is 6.37. The molecule has 0 unspecified atom stereocenters. The fraction of sp³-hybridized carbons (Fsp3) is 0.500. The van der Waals surface area contributed by atoms with Gasteiger partial charge < -0.3 is 15.5 Å². The van der Waals surface area contributed by atoms with E-state index < -0.39 is 5.54 Å². The van der Waals surface area contributed by atoms with Gasteiger partial charge in [0.15, 0.2) is 0 Å². The minimum Gasteiger partial charge on any atom is -0.368 e. The van der Waals surface area contributed by atoms with E-state index in [0.717, 1.165) is 26.2 Å². The molecule has 1 aliphatic heterocycles. The number of carbonyl (C=O) groups is 1. The molecule has 1 fully saturated rings. The van der Waals surface area contributed by atoms with Crippen molar-refractivity contribution >= 4 is 36.4 Å². The van der Waals surface area contributed by atoms with E-state index in [1.165, 1.54) is 5.69 Å². The van der Waals surface area contributed by atoms with Gasteiger partial charge in [-0.3, -0.25) is 4.79 Å². The normalized spacial score (nSPS) is 15.2. The lowest BCUT2D eigenvalue weighted by Gasteiger charge is -2.38. The molecule has 0 saturated carbocycles. The van der Waals surface area contributed by atoms with Crippen LogP contribution < -0.4 is 10.6 Å². The van der Waals surface area contributed by atoms with Gasteiger partial charge in [-0.25, -0.2) is 0 Å². The number of piperazine rings is 1. The van der Waals surface area contributed by atoms with Gasteiger partial charge in [0, 0.05) is 31.9 Å². The average Bonchev–Trinajstić information content (AvgIpc) is 2.38. The predicted octanol–water partition coefficient (Wildman–Crippen LogP) is 1.92. The Kier molecular flexibility index (Phi) is 7.34. The second-order valence-electron chi connectivity index (χ2n) is 5.34. The van der Waals surface area contributed by atoms with Crippen molar-refractivity contribution in [2.45, 2.75) is 19.4 Å². The molecule has 4 nitrogen and oxygen atoms in total. The molecule has 2 rings (SSSR count). The average molecular weight is 320 g/mol. The van der Waals surface area contributed by atoms with Crippen molar-refractivity contribution in [2.24, 2.45) is 5.73 Å². The first-order chi connectivity index (χ1) is 8.48. The molecule has 20 heavy (non-hydrogen) atoms. The van der Waals surface area contributed by atoms with Crippen LogP contribution in [0.4, 0.5) is 5.69 Å². The maximum Gasteiger partial charge on any atom is 0.242 e. The second kappa shape index (κ2) is 7.72. The van der Waals surface area contributed by atoms with Crippen LogP contribution in [-0.4, -0.2) is 42.5 Å². The standard InChI is InChI=1S/C14H21N3O.2ClH/c1-14(2,15)13(18)17-10-8-16(9-11-17)12-6-4-3-5-7-12;;/h3-7H,8-11,15H2,1-2H3;2*1H. The van der Waals surface area contributed by atoms with Crippen molar-refractivity contribution < 1.29 is 4.79 Å². The van der Waals surface area contributed by atoms with Crippen LogP contribution >= 0.6 is 24.8 Å². The summed E-state index contributed by atoms with van der Waals surface area (Å²) in [5.41, 5.74) is 6.30. The van der Waals surface area contributed by atoms with E-state index in [1.807, 2.05) is 23.1 Å². The van der Waals surface area contributed by atoms with E-state index >= 15 is 0 Å². The van der Waals surface area contributed by atoms with Gasteiger partial charge >= 0.3 is 0 Å². The Hall–Kier alpha value is -0.970. The van der Waals surface area contributed by atoms with Crippen molar-refractivity contribution in [2.75, 3.05) is 31.1 Å². The zero-order valence-electron chi connectivity index (χ0n) is 11.9. The fourth-order valence-electron chi connectivity index (χ4n) is 2.21. The highest BCUT2D eigenvalue weighted by molar-refractivity contribution is 5.86. The van der Waals surface area contributed by atoms with E-state index in [-0.39, 0.29) is 30.7 Å². The van der Waals surface area contributed by atoms with Crippen LogP contribution in [0.3, 0.4) is 0 Å². The number of halogens is 2. The van der Waals surface area contributed by atoms with E-state index in [0.29, 0.717) is 0 Å². The van der Waals surface area contributed by atoms with Crippen LogP contribution in [-0.2, 0) is 4.79 Å².